The maximum Gasteiger partial charge on any atom is 0.296 e. The highest BCUT2D eigenvalue weighted by Gasteiger charge is 2.46. The Morgan fingerprint density at radius 2 is 1.93 bits per heavy atom. The van der Waals surface area contributed by atoms with Crippen molar-refractivity contribution in [3.63, 3.8) is 0 Å². The van der Waals surface area contributed by atoms with Crippen LogP contribution in [0.4, 0.5) is 0 Å². The molecule has 0 saturated carbocycles. The van der Waals surface area contributed by atoms with Crippen molar-refractivity contribution >= 4 is 17.4 Å². The Bertz CT molecular complexity index is 1420. The van der Waals surface area contributed by atoms with Crippen LogP contribution < -0.4 is 14.2 Å². The summed E-state index contributed by atoms with van der Waals surface area (Å²) in [6, 6.07) is 13.3. The molecule has 8 heteroatoms. The number of hydrogen-bond donors (Lipinski definition) is 1. The van der Waals surface area contributed by atoms with Gasteiger partial charge in [-0.25, -0.2) is 0 Å². The van der Waals surface area contributed by atoms with Gasteiger partial charge in [-0.3, -0.25) is 9.59 Å². The van der Waals surface area contributed by atoms with Crippen molar-refractivity contribution in [1.29, 1.82) is 0 Å². The molecule has 40 heavy (non-hydrogen) atoms. The van der Waals surface area contributed by atoms with Crippen LogP contribution >= 0.6 is 0 Å². The standard InChI is InChI=1S/C32H35NO7/c1-5-37-27-17-21(8-11-26(27)39-14-12-19(2)3)29-28(31(35)32(36)33(29)18-24-7-6-13-38-24)30(34)22-9-10-25-23(16-22)15-20(4)40-25/h6-11,13,16-17,19-20,29,34H,5,12,14-15,18H2,1-4H3/b30-28+/t20-,29+/m1/s1. The van der Waals surface area contributed by atoms with Crippen LogP contribution in [0.2, 0.25) is 0 Å². The number of furan rings is 1. The number of rotatable bonds is 10. The van der Waals surface area contributed by atoms with E-state index in [1.165, 1.54) is 11.2 Å². The number of Topliss-reactive ketones (excluding diaryl/α,β-unsaturated/α-hetero) is 1. The Hall–Kier alpha value is -4.20. The summed E-state index contributed by atoms with van der Waals surface area (Å²) in [5.74, 6) is 1.17. The highest BCUT2D eigenvalue weighted by atomic mass is 16.5. The number of amides is 1. The first kappa shape index (κ1) is 27.4. The van der Waals surface area contributed by atoms with E-state index in [0.717, 1.165) is 17.7 Å². The van der Waals surface area contributed by atoms with E-state index >= 15 is 0 Å². The van der Waals surface area contributed by atoms with E-state index < -0.39 is 17.7 Å². The minimum atomic E-state index is -0.863. The molecule has 0 aliphatic carbocycles. The monoisotopic (exact) mass is 545 g/mol. The zero-order chi connectivity index (χ0) is 28.4. The molecule has 210 valence electrons. The molecule has 2 atom stereocenters. The third-order valence-electron chi connectivity index (χ3n) is 7.15. The lowest BCUT2D eigenvalue weighted by Gasteiger charge is -2.25. The smallest absolute Gasteiger partial charge is 0.296 e. The molecular weight excluding hydrogens is 510 g/mol. The van der Waals surface area contributed by atoms with Crippen molar-refractivity contribution in [2.24, 2.45) is 5.92 Å². The van der Waals surface area contributed by atoms with Gasteiger partial charge in [-0.05, 0) is 79.8 Å². The highest BCUT2D eigenvalue weighted by Crippen LogP contribution is 2.43. The molecular formula is C32H35NO7. The number of aliphatic hydroxyl groups is 1. The molecule has 1 N–H and O–H groups in total. The van der Waals surface area contributed by atoms with Gasteiger partial charge in [0, 0.05) is 12.0 Å². The summed E-state index contributed by atoms with van der Waals surface area (Å²) in [4.78, 5) is 28.3. The molecule has 1 amide bonds. The lowest BCUT2D eigenvalue weighted by atomic mass is 9.94. The van der Waals surface area contributed by atoms with Crippen molar-refractivity contribution in [3.05, 3.63) is 82.8 Å². The van der Waals surface area contributed by atoms with Gasteiger partial charge in [0.25, 0.3) is 11.7 Å². The fourth-order valence-corrected chi connectivity index (χ4v) is 5.17. The molecule has 0 unspecified atom stereocenters. The number of aliphatic hydroxyl groups excluding tert-OH is 1. The highest BCUT2D eigenvalue weighted by molar-refractivity contribution is 6.46. The van der Waals surface area contributed by atoms with Gasteiger partial charge in [-0.1, -0.05) is 19.9 Å². The Morgan fingerprint density at radius 1 is 1.10 bits per heavy atom. The number of carbonyl (C=O) groups is 2. The van der Waals surface area contributed by atoms with Gasteiger partial charge >= 0.3 is 0 Å². The van der Waals surface area contributed by atoms with Crippen molar-refractivity contribution in [2.75, 3.05) is 13.2 Å². The van der Waals surface area contributed by atoms with Crippen LogP contribution in [-0.2, 0) is 22.6 Å². The molecule has 8 nitrogen and oxygen atoms in total. The number of ether oxygens (including phenoxy) is 3. The number of fused-ring (bicyclic) bond motifs is 1. The van der Waals surface area contributed by atoms with Crippen molar-refractivity contribution in [2.45, 2.75) is 59.2 Å². The van der Waals surface area contributed by atoms with Crippen molar-refractivity contribution < 1.29 is 33.3 Å². The summed E-state index contributed by atoms with van der Waals surface area (Å²) >= 11 is 0. The van der Waals surface area contributed by atoms with Crippen LogP contribution in [0.5, 0.6) is 17.2 Å². The van der Waals surface area contributed by atoms with E-state index in [1.54, 1.807) is 36.4 Å². The lowest BCUT2D eigenvalue weighted by Crippen LogP contribution is -2.29. The zero-order valence-electron chi connectivity index (χ0n) is 23.3. The number of benzene rings is 2. The summed E-state index contributed by atoms with van der Waals surface area (Å²) in [6.45, 7) is 9.13. The van der Waals surface area contributed by atoms with Crippen LogP contribution in [0.3, 0.4) is 0 Å². The molecule has 5 rings (SSSR count). The Morgan fingerprint density at radius 3 is 2.65 bits per heavy atom. The number of ketones is 1. The summed E-state index contributed by atoms with van der Waals surface area (Å²) in [5.41, 5.74) is 2.03. The predicted octanol–water partition coefficient (Wildman–Crippen LogP) is 6.05. The molecule has 0 spiro atoms. The molecule has 0 bridgehead atoms. The first-order valence-corrected chi connectivity index (χ1v) is 13.8. The maximum atomic E-state index is 13.5. The van der Waals surface area contributed by atoms with E-state index in [4.69, 9.17) is 18.6 Å². The van der Waals surface area contributed by atoms with Crippen molar-refractivity contribution in [1.82, 2.24) is 4.90 Å². The average molecular weight is 546 g/mol. The third-order valence-corrected chi connectivity index (χ3v) is 7.15. The second-order valence-electron chi connectivity index (χ2n) is 10.6. The number of likely N-dealkylation sites (tertiary alicyclic amines) is 1. The topological polar surface area (TPSA) is 98.4 Å². The number of hydrogen-bond acceptors (Lipinski definition) is 7. The molecule has 2 aliphatic rings. The molecule has 3 aromatic rings. The van der Waals surface area contributed by atoms with Gasteiger partial charge in [-0.2, -0.15) is 0 Å². The second kappa shape index (κ2) is 11.5. The summed E-state index contributed by atoms with van der Waals surface area (Å²) in [6.07, 6.45) is 3.14. The minimum Gasteiger partial charge on any atom is -0.507 e. The molecule has 2 aliphatic heterocycles. The Balaban J connectivity index is 1.59. The van der Waals surface area contributed by atoms with Crippen LogP contribution in [0.25, 0.3) is 5.76 Å². The normalized spacial score (nSPS) is 19.7. The van der Waals surface area contributed by atoms with Crippen LogP contribution in [0.15, 0.2) is 64.8 Å². The molecule has 0 radical (unpaired) electrons. The van der Waals surface area contributed by atoms with E-state index in [0.29, 0.717) is 53.9 Å². The van der Waals surface area contributed by atoms with Gasteiger partial charge in [0.15, 0.2) is 11.5 Å². The zero-order valence-corrected chi connectivity index (χ0v) is 23.3. The number of carbonyl (C=O) groups excluding carboxylic acids is 2. The molecule has 1 fully saturated rings. The average Bonchev–Trinajstić information content (AvgIpc) is 3.63. The molecule has 2 aromatic carbocycles. The third kappa shape index (κ3) is 5.43. The van der Waals surface area contributed by atoms with Gasteiger partial charge < -0.3 is 28.6 Å². The first-order chi connectivity index (χ1) is 19.3. The summed E-state index contributed by atoms with van der Waals surface area (Å²) in [7, 11) is 0. The number of nitrogens with zero attached hydrogens (tertiary/aromatic N) is 1. The fourth-order valence-electron chi connectivity index (χ4n) is 5.17. The Labute approximate surface area is 234 Å². The van der Waals surface area contributed by atoms with E-state index in [1.807, 2.05) is 26.0 Å². The van der Waals surface area contributed by atoms with Gasteiger partial charge in [0.1, 0.15) is 23.4 Å². The summed E-state index contributed by atoms with van der Waals surface area (Å²) < 4.78 is 23.2. The van der Waals surface area contributed by atoms with Gasteiger partial charge in [0.05, 0.1) is 37.6 Å². The van der Waals surface area contributed by atoms with E-state index in [9.17, 15) is 14.7 Å². The van der Waals surface area contributed by atoms with Crippen LogP contribution in [-0.4, -0.2) is 41.0 Å². The second-order valence-corrected chi connectivity index (χ2v) is 10.6. The molecule has 3 heterocycles. The predicted molar refractivity (Wildman–Crippen MR) is 149 cm³/mol. The SMILES string of the molecule is CCOc1cc([C@H]2/C(=C(\O)c3ccc4c(c3)C[C@@H](C)O4)C(=O)C(=O)N2Cc2ccco2)ccc1OCCC(C)C. The van der Waals surface area contributed by atoms with Crippen LogP contribution in [0, 0.1) is 5.92 Å². The van der Waals surface area contributed by atoms with Crippen LogP contribution in [0.1, 0.15) is 62.6 Å². The van der Waals surface area contributed by atoms with Crippen molar-refractivity contribution in [3.8, 4) is 17.2 Å². The quantitative estimate of drug-likeness (QED) is 0.188. The first-order valence-electron chi connectivity index (χ1n) is 13.8. The van der Waals surface area contributed by atoms with E-state index in [2.05, 4.69) is 13.8 Å². The maximum absolute atomic E-state index is 13.5. The molecule has 1 aromatic heterocycles. The van der Waals surface area contributed by atoms with Gasteiger partial charge in [-0.15, -0.1) is 0 Å². The molecule has 1 saturated heterocycles. The summed E-state index contributed by atoms with van der Waals surface area (Å²) in [5, 5.41) is 11.5. The Kier molecular flexibility index (Phi) is 7.87. The minimum absolute atomic E-state index is 0.0133. The van der Waals surface area contributed by atoms with E-state index in [-0.39, 0.29) is 24.0 Å². The lowest BCUT2D eigenvalue weighted by molar-refractivity contribution is -0.140. The van der Waals surface area contributed by atoms with Gasteiger partial charge in [0.2, 0.25) is 0 Å². The largest absolute Gasteiger partial charge is 0.507 e. The fraction of sp³-hybridized carbons (Fsp3) is 0.375.